The fourth-order valence-corrected chi connectivity index (χ4v) is 3.14. The molecule has 3 heterocycles. The monoisotopic (exact) mass is 357 g/mol. The molecule has 0 saturated carbocycles. The standard InChI is InChI=1S/C14H19N5O2S.ClH/c1-18-6-5-15-8-10(18)13-16-12(21-17-13)9-19(2)14(20)11-4-3-7-22-11;/h3-4,7,10,15H,5-6,8-9H2,1-2H3;1H. The van der Waals surface area contributed by atoms with E-state index in [4.69, 9.17) is 4.52 Å². The molecule has 2 aromatic rings. The molecule has 0 radical (unpaired) electrons. The van der Waals surface area contributed by atoms with E-state index in [1.807, 2.05) is 24.6 Å². The van der Waals surface area contributed by atoms with Gasteiger partial charge in [0.2, 0.25) is 5.89 Å². The lowest BCUT2D eigenvalue weighted by molar-refractivity contribution is 0.0774. The van der Waals surface area contributed by atoms with Crippen LogP contribution < -0.4 is 5.32 Å². The van der Waals surface area contributed by atoms with E-state index in [0.717, 1.165) is 19.6 Å². The average Bonchev–Trinajstić information content (AvgIpc) is 3.18. The highest BCUT2D eigenvalue weighted by molar-refractivity contribution is 7.12. The van der Waals surface area contributed by atoms with E-state index in [1.165, 1.54) is 11.3 Å². The van der Waals surface area contributed by atoms with Crippen LogP contribution in [-0.4, -0.2) is 59.6 Å². The molecule has 0 spiro atoms. The summed E-state index contributed by atoms with van der Waals surface area (Å²) in [5.74, 6) is 1.09. The van der Waals surface area contributed by atoms with Gasteiger partial charge in [-0.25, -0.2) is 0 Å². The van der Waals surface area contributed by atoms with Crippen molar-refractivity contribution in [2.24, 2.45) is 0 Å². The van der Waals surface area contributed by atoms with Gasteiger partial charge in [0, 0.05) is 26.7 Å². The van der Waals surface area contributed by atoms with Crippen molar-refractivity contribution >= 4 is 29.7 Å². The first kappa shape index (κ1) is 17.9. The van der Waals surface area contributed by atoms with Gasteiger partial charge in [-0.2, -0.15) is 4.98 Å². The highest BCUT2D eigenvalue weighted by Gasteiger charge is 2.25. The average molecular weight is 358 g/mol. The molecule has 2 aromatic heterocycles. The molecule has 1 aliphatic heterocycles. The van der Waals surface area contributed by atoms with Gasteiger partial charge in [0.25, 0.3) is 5.91 Å². The van der Waals surface area contributed by atoms with Gasteiger partial charge in [0.05, 0.1) is 10.9 Å². The molecule has 1 N–H and O–H groups in total. The maximum atomic E-state index is 12.2. The molecule has 23 heavy (non-hydrogen) atoms. The highest BCUT2D eigenvalue weighted by atomic mass is 35.5. The zero-order valence-electron chi connectivity index (χ0n) is 13.1. The maximum Gasteiger partial charge on any atom is 0.264 e. The number of carbonyl (C=O) groups excluding carboxylic acids is 1. The van der Waals surface area contributed by atoms with E-state index in [-0.39, 0.29) is 24.4 Å². The molecule has 0 aromatic carbocycles. The number of amides is 1. The lowest BCUT2D eigenvalue weighted by Crippen LogP contribution is -2.44. The maximum absolute atomic E-state index is 12.2. The van der Waals surface area contributed by atoms with Gasteiger partial charge in [-0.05, 0) is 18.5 Å². The molecule has 1 amide bonds. The molecule has 1 saturated heterocycles. The number of hydrogen-bond donors (Lipinski definition) is 1. The predicted octanol–water partition coefficient (Wildman–Crippen LogP) is 1.40. The number of piperazine rings is 1. The molecule has 1 unspecified atom stereocenters. The number of aromatic nitrogens is 2. The normalized spacial score (nSPS) is 18.4. The van der Waals surface area contributed by atoms with Crippen LogP contribution in [0.5, 0.6) is 0 Å². The first-order valence-corrected chi connectivity index (χ1v) is 8.05. The van der Waals surface area contributed by atoms with Crippen molar-refractivity contribution in [3.63, 3.8) is 0 Å². The minimum absolute atomic E-state index is 0. The Morgan fingerprint density at radius 1 is 1.61 bits per heavy atom. The molecule has 126 valence electrons. The molecule has 1 atom stereocenters. The fraction of sp³-hybridized carbons (Fsp3) is 0.500. The lowest BCUT2D eigenvalue weighted by Gasteiger charge is -2.30. The van der Waals surface area contributed by atoms with E-state index >= 15 is 0 Å². The Bertz CT molecular complexity index is 633. The van der Waals surface area contributed by atoms with Crippen LogP contribution in [-0.2, 0) is 6.54 Å². The van der Waals surface area contributed by atoms with Gasteiger partial charge < -0.3 is 14.7 Å². The number of nitrogens with zero attached hydrogens (tertiary/aromatic N) is 4. The summed E-state index contributed by atoms with van der Waals surface area (Å²) in [7, 11) is 3.79. The Kier molecular flexibility index (Phi) is 6.11. The molecule has 7 nitrogen and oxygen atoms in total. The molecule has 9 heteroatoms. The Hall–Kier alpha value is -1.48. The topological polar surface area (TPSA) is 74.5 Å². The lowest BCUT2D eigenvalue weighted by atomic mass is 10.2. The second-order valence-corrected chi connectivity index (χ2v) is 6.33. The largest absolute Gasteiger partial charge is 0.337 e. The van der Waals surface area contributed by atoms with E-state index in [0.29, 0.717) is 23.1 Å². The Morgan fingerprint density at radius 3 is 3.13 bits per heavy atom. The number of hydrogen-bond acceptors (Lipinski definition) is 7. The Labute approximate surface area is 145 Å². The smallest absolute Gasteiger partial charge is 0.264 e. The number of nitrogens with one attached hydrogen (secondary N) is 1. The predicted molar refractivity (Wildman–Crippen MR) is 89.9 cm³/mol. The molecular formula is C14H20ClN5O2S. The first-order chi connectivity index (χ1) is 10.6. The third-order valence-electron chi connectivity index (χ3n) is 3.74. The second-order valence-electron chi connectivity index (χ2n) is 5.39. The van der Waals surface area contributed by atoms with Gasteiger partial charge in [0.1, 0.15) is 6.54 Å². The van der Waals surface area contributed by atoms with Gasteiger partial charge in [-0.1, -0.05) is 11.2 Å². The summed E-state index contributed by atoms with van der Waals surface area (Å²) in [6.45, 7) is 3.04. The molecule has 1 fully saturated rings. The molecule has 0 aliphatic carbocycles. The van der Waals surface area contributed by atoms with Crippen LogP contribution in [0.1, 0.15) is 27.4 Å². The number of carbonyl (C=O) groups is 1. The quantitative estimate of drug-likeness (QED) is 0.891. The van der Waals surface area contributed by atoms with E-state index < -0.39 is 0 Å². The number of rotatable bonds is 4. The summed E-state index contributed by atoms with van der Waals surface area (Å²) in [6, 6.07) is 3.79. The van der Waals surface area contributed by atoms with E-state index in [1.54, 1.807) is 11.9 Å². The van der Waals surface area contributed by atoms with E-state index in [2.05, 4.69) is 20.4 Å². The van der Waals surface area contributed by atoms with Crippen molar-refractivity contribution in [3.05, 3.63) is 34.1 Å². The van der Waals surface area contributed by atoms with Crippen LogP contribution in [0, 0.1) is 0 Å². The van der Waals surface area contributed by atoms with Crippen LogP contribution in [0.2, 0.25) is 0 Å². The third kappa shape index (κ3) is 4.08. The number of thiophene rings is 1. The van der Waals surface area contributed by atoms with Crippen LogP contribution in [0.15, 0.2) is 22.0 Å². The summed E-state index contributed by atoms with van der Waals surface area (Å²) in [4.78, 5) is 21.1. The van der Waals surface area contributed by atoms with Gasteiger partial charge in [-0.3, -0.25) is 9.69 Å². The van der Waals surface area contributed by atoms with Gasteiger partial charge in [0.15, 0.2) is 5.82 Å². The van der Waals surface area contributed by atoms with Gasteiger partial charge in [-0.15, -0.1) is 23.7 Å². The van der Waals surface area contributed by atoms with Crippen molar-refractivity contribution in [2.75, 3.05) is 33.7 Å². The molecular weight excluding hydrogens is 338 g/mol. The third-order valence-corrected chi connectivity index (χ3v) is 4.60. The van der Waals surface area contributed by atoms with Crippen molar-refractivity contribution in [1.29, 1.82) is 0 Å². The molecule has 1 aliphatic rings. The van der Waals surface area contributed by atoms with Crippen LogP contribution >= 0.6 is 23.7 Å². The number of likely N-dealkylation sites (N-methyl/N-ethyl adjacent to an activating group) is 1. The first-order valence-electron chi connectivity index (χ1n) is 7.17. The Morgan fingerprint density at radius 2 is 2.43 bits per heavy atom. The Balaban J connectivity index is 0.00000192. The fourth-order valence-electron chi connectivity index (χ4n) is 2.42. The summed E-state index contributed by atoms with van der Waals surface area (Å²) in [6.07, 6.45) is 0. The number of halogens is 1. The molecule has 0 bridgehead atoms. The summed E-state index contributed by atoms with van der Waals surface area (Å²) < 4.78 is 5.30. The van der Waals surface area contributed by atoms with Crippen molar-refractivity contribution in [1.82, 2.24) is 25.3 Å². The van der Waals surface area contributed by atoms with Crippen LogP contribution in [0.3, 0.4) is 0 Å². The summed E-state index contributed by atoms with van der Waals surface area (Å²) >= 11 is 1.43. The van der Waals surface area contributed by atoms with Crippen molar-refractivity contribution in [3.8, 4) is 0 Å². The molecule has 3 rings (SSSR count). The minimum Gasteiger partial charge on any atom is -0.337 e. The minimum atomic E-state index is -0.0359. The van der Waals surface area contributed by atoms with Crippen LogP contribution in [0.25, 0.3) is 0 Å². The summed E-state index contributed by atoms with van der Waals surface area (Å²) in [5.41, 5.74) is 0. The van der Waals surface area contributed by atoms with Crippen LogP contribution in [0.4, 0.5) is 0 Å². The SMILES string of the molecule is CN(Cc1nc(C2CNCCN2C)no1)C(=O)c1cccs1.Cl. The van der Waals surface area contributed by atoms with E-state index in [9.17, 15) is 4.79 Å². The van der Waals surface area contributed by atoms with Gasteiger partial charge >= 0.3 is 0 Å². The van der Waals surface area contributed by atoms with Crippen molar-refractivity contribution in [2.45, 2.75) is 12.6 Å². The summed E-state index contributed by atoms with van der Waals surface area (Å²) in [5, 5.41) is 9.27. The van der Waals surface area contributed by atoms with Crippen molar-refractivity contribution < 1.29 is 9.32 Å². The zero-order valence-corrected chi connectivity index (χ0v) is 14.7. The second kappa shape index (κ2) is 7.87. The highest BCUT2D eigenvalue weighted by Crippen LogP contribution is 2.18. The zero-order chi connectivity index (χ0) is 15.5.